The molecule has 0 heterocycles. The van der Waals surface area contributed by atoms with Gasteiger partial charge in [0.2, 0.25) is 0 Å². The molecule has 1 unspecified atom stereocenters. The summed E-state index contributed by atoms with van der Waals surface area (Å²) < 4.78 is 0. The smallest absolute Gasteiger partial charge is 0 e. The monoisotopic (exact) mass is 468 g/mol. The summed E-state index contributed by atoms with van der Waals surface area (Å²) in [6, 6.07) is 0. The van der Waals surface area contributed by atoms with E-state index in [1.165, 1.54) is 78.4 Å². The molecule has 159 valence electrons. The van der Waals surface area contributed by atoms with Crippen LogP contribution in [0.5, 0.6) is 0 Å². The Kier molecular flexibility index (Phi) is 14.5. The molecule has 11 radical (unpaired) electrons. The van der Waals surface area contributed by atoms with E-state index in [1.54, 1.807) is 0 Å². The van der Waals surface area contributed by atoms with Crippen LogP contribution in [0.2, 0.25) is 0 Å². The van der Waals surface area contributed by atoms with Crippen molar-refractivity contribution in [3.63, 3.8) is 0 Å². The van der Waals surface area contributed by atoms with Gasteiger partial charge >= 0.3 is 0 Å². The molecule has 0 bridgehead atoms. The second-order valence-electron chi connectivity index (χ2n) is 8.69. The molecule has 0 aromatic rings. The molecule has 3 aliphatic rings. The molecule has 1 atom stereocenters. The van der Waals surface area contributed by atoms with Crippen molar-refractivity contribution in [2.45, 2.75) is 94.9 Å². The second kappa shape index (κ2) is 14.1. The van der Waals surface area contributed by atoms with Crippen LogP contribution in [0.25, 0.3) is 0 Å². The first kappa shape index (κ1) is 29.8. The van der Waals surface area contributed by atoms with Gasteiger partial charge in [-0.3, -0.25) is 0 Å². The Morgan fingerprint density at radius 3 is 1.00 bits per heavy atom. The third kappa shape index (κ3) is 8.04. The van der Waals surface area contributed by atoms with Gasteiger partial charge in [0.25, 0.3) is 0 Å². The average molecular weight is 469 g/mol. The zero-order chi connectivity index (χ0) is 21.6. The largest absolute Gasteiger partial charge is 0.343 e. The van der Waals surface area contributed by atoms with Crippen LogP contribution >= 0.6 is 0 Å². The molecule has 3 rings (SSSR count). The topological polar surface area (TPSA) is 0 Å². The van der Waals surface area contributed by atoms with E-state index in [9.17, 15) is 0 Å². The van der Waals surface area contributed by atoms with Gasteiger partial charge in [-0.15, -0.1) is 0 Å². The van der Waals surface area contributed by atoms with Crippen molar-refractivity contribution in [2.75, 3.05) is 0 Å². The summed E-state index contributed by atoms with van der Waals surface area (Å²) in [5.41, 5.74) is 0. The molecule has 2 fully saturated rings. The van der Waals surface area contributed by atoms with E-state index in [0.29, 0.717) is 0 Å². The maximum Gasteiger partial charge on any atom is 0 e. The first-order valence-electron chi connectivity index (χ1n) is 10.9. The predicted octanol–water partition coefficient (Wildman–Crippen LogP) is 8.51. The van der Waals surface area contributed by atoms with E-state index in [4.69, 9.17) is 0 Å². The number of allylic oxidation sites excluding steroid dienone is 2. The minimum atomic E-state index is 0. The van der Waals surface area contributed by atoms with E-state index >= 15 is 0 Å². The van der Waals surface area contributed by atoms with Crippen LogP contribution in [0.1, 0.15) is 94.9 Å². The summed E-state index contributed by atoms with van der Waals surface area (Å²) in [5, 5.41) is 0. The second-order valence-corrected chi connectivity index (χ2v) is 8.69. The molecule has 2 saturated carbocycles. The summed E-state index contributed by atoms with van der Waals surface area (Å²) in [5.74, 6) is 15.6. The Balaban J connectivity index is 0.000000401. The van der Waals surface area contributed by atoms with Gasteiger partial charge in [-0.2, -0.15) is 6.42 Å². The van der Waals surface area contributed by atoms with Crippen molar-refractivity contribution >= 4 is 0 Å². The van der Waals surface area contributed by atoms with E-state index in [2.05, 4.69) is 88.3 Å². The van der Waals surface area contributed by atoms with Gasteiger partial charge in [0, 0.05) is 32.7 Å². The molecular weight excluding hydrogens is 425 g/mol. The van der Waals surface area contributed by atoms with Crippen LogP contribution in [0.15, 0.2) is 12.2 Å². The molecule has 3 aliphatic carbocycles. The molecule has 1 heteroatoms. The van der Waals surface area contributed by atoms with E-state index < -0.39 is 0 Å². The minimum Gasteiger partial charge on any atom is -0.343 e. The Morgan fingerprint density at radius 2 is 0.862 bits per heavy atom. The third-order valence-corrected chi connectivity index (χ3v) is 7.41. The van der Waals surface area contributed by atoms with E-state index in [1.807, 2.05) is 0 Å². The summed E-state index contributed by atoms with van der Waals surface area (Å²) in [6.07, 6.45) is 9.57. The summed E-state index contributed by atoms with van der Waals surface area (Å²) in [7, 11) is 0. The van der Waals surface area contributed by atoms with Gasteiger partial charge < -0.3 is 6.92 Å². The van der Waals surface area contributed by atoms with E-state index in [0.717, 1.165) is 12.3 Å². The van der Waals surface area contributed by atoms with Crippen LogP contribution in [0.4, 0.5) is 0 Å². The van der Waals surface area contributed by atoms with Crippen LogP contribution in [0.3, 0.4) is 0 Å². The van der Waals surface area contributed by atoms with Gasteiger partial charge in [-0.25, -0.2) is 0 Å². The number of hydrogen-bond donors (Lipinski definition) is 0. The maximum atomic E-state index is 3.88. The van der Waals surface area contributed by atoms with E-state index in [-0.39, 0.29) is 32.7 Å². The SMILES string of the molecule is C[C]1[C](C)[C](C)[C](C)[C]1C.C[C]1[C](C)[C](C)[C](C)[C]1C.[CH2-]CC1CC=CCC1.[Y]. The number of hydrogen-bond acceptors (Lipinski definition) is 0. The molecule has 0 N–H and O–H groups in total. The molecule has 0 nitrogen and oxygen atoms in total. The van der Waals surface area contributed by atoms with Crippen molar-refractivity contribution in [3.05, 3.63) is 78.3 Å². The molecule has 0 spiro atoms. The van der Waals surface area contributed by atoms with Gasteiger partial charge in [-0.1, -0.05) is 87.3 Å². The Morgan fingerprint density at radius 1 is 0.586 bits per heavy atom. The molecule has 0 amide bonds. The summed E-state index contributed by atoms with van der Waals surface area (Å²) >= 11 is 0. The molecule has 0 aromatic carbocycles. The fourth-order valence-electron chi connectivity index (χ4n) is 3.93. The Bertz CT molecular complexity index is 336. The standard InChI is InChI=1S/2C10H15.C8H13.Y/c2*1-6-7(2)9(4)10(5)8(6)3;1-2-8-6-4-3-5-7-8;/h2*1-5H3;3-4,8H,1-2,5-7H2;/q;;-1;. The molecule has 0 aliphatic heterocycles. The van der Waals surface area contributed by atoms with Crippen molar-refractivity contribution in [1.82, 2.24) is 0 Å². The quantitative estimate of drug-likeness (QED) is 0.267. The van der Waals surface area contributed by atoms with Crippen molar-refractivity contribution < 1.29 is 32.7 Å². The van der Waals surface area contributed by atoms with Crippen molar-refractivity contribution in [1.29, 1.82) is 0 Å². The van der Waals surface area contributed by atoms with Gasteiger partial charge in [0.1, 0.15) is 0 Å². The third-order valence-electron chi connectivity index (χ3n) is 7.41. The summed E-state index contributed by atoms with van der Waals surface area (Å²) in [4.78, 5) is 0. The molecule has 0 aromatic heterocycles. The molecule has 29 heavy (non-hydrogen) atoms. The van der Waals surface area contributed by atoms with Crippen molar-refractivity contribution in [2.24, 2.45) is 5.92 Å². The fraction of sp³-hybridized carbons (Fsp3) is 0.536. The van der Waals surface area contributed by atoms with Crippen LogP contribution in [-0.2, 0) is 32.7 Å². The average Bonchev–Trinajstić information content (AvgIpc) is 2.99. The zero-order valence-electron chi connectivity index (χ0n) is 20.8. The fourth-order valence-corrected chi connectivity index (χ4v) is 3.93. The normalized spacial score (nSPS) is 27.5. The van der Waals surface area contributed by atoms with Crippen LogP contribution in [-0.4, -0.2) is 0 Å². The summed E-state index contributed by atoms with van der Waals surface area (Å²) in [6.45, 7) is 25.9. The van der Waals surface area contributed by atoms with Crippen LogP contribution < -0.4 is 0 Å². The minimum absolute atomic E-state index is 0. The predicted molar refractivity (Wildman–Crippen MR) is 126 cm³/mol. The zero-order valence-corrected chi connectivity index (χ0v) is 23.7. The van der Waals surface area contributed by atoms with Gasteiger partial charge in [-0.05, 0) is 78.4 Å². The number of rotatable bonds is 1. The Labute approximate surface area is 210 Å². The first-order valence-corrected chi connectivity index (χ1v) is 10.9. The Hall–Kier alpha value is 0.844. The molecule has 0 saturated heterocycles. The van der Waals surface area contributed by atoms with Crippen molar-refractivity contribution in [3.8, 4) is 0 Å². The van der Waals surface area contributed by atoms with Gasteiger partial charge in [0.15, 0.2) is 0 Å². The van der Waals surface area contributed by atoms with Gasteiger partial charge in [0.05, 0.1) is 0 Å². The maximum absolute atomic E-state index is 3.88. The van der Waals surface area contributed by atoms with Crippen LogP contribution in [0, 0.1) is 72.0 Å². The molecular formula is C28H43Y-. The first-order chi connectivity index (χ1) is 13.0.